The van der Waals surface area contributed by atoms with Gasteiger partial charge in [0, 0.05) is 17.6 Å². The number of hydrogen-bond donors (Lipinski definition) is 1. The number of hydrogen-bond acceptors (Lipinski definition) is 2. The first kappa shape index (κ1) is 6.55. The van der Waals surface area contributed by atoms with Gasteiger partial charge in [0.1, 0.15) is 0 Å². The predicted octanol–water partition coefficient (Wildman–Crippen LogP) is 1.61. The van der Waals surface area contributed by atoms with Crippen molar-refractivity contribution in [1.82, 2.24) is 4.57 Å². The Morgan fingerprint density at radius 2 is 2.33 bits per heavy atom. The molecule has 1 heterocycles. The minimum absolute atomic E-state index is 0.420. The van der Waals surface area contributed by atoms with Crippen LogP contribution in [-0.4, -0.2) is 4.57 Å². The summed E-state index contributed by atoms with van der Waals surface area (Å²) < 4.78 is 1.94. The number of nitrogens with one attached hydrogen (secondary N) is 1. The topological polar surface area (TPSA) is 28.8 Å². The highest BCUT2D eigenvalue weighted by Crippen LogP contribution is 2.00. The Kier molecular flexibility index (Phi) is 1.71. The van der Waals surface area contributed by atoms with E-state index in [2.05, 4.69) is 13.8 Å². The molecular weight excluding hydrogens is 132 g/mol. The van der Waals surface area contributed by atoms with Crippen molar-refractivity contribution >= 4 is 11.3 Å². The summed E-state index contributed by atoms with van der Waals surface area (Å²) in [6.07, 6.45) is 1.94. The van der Waals surface area contributed by atoms with Crippen LogP contribution in [0.15, 0.2) is 11.6 Å². The molecule has 1 aromatic heterocycles. The molecule has 0 atom stereocenters. The zero-order valence-electron chi connectivity index (χ0n) is 5.59. The van der Waals surface area contributed by atoms with Gasteiger partial charge in [-0.3, -0.25) is 5.41 Å². The SMILES string of the molecule is CC(C)n1ccsc1=N. The van der Waals surface area contributed by atoms with Crippen LogP contribution >= 0.6 is 11.3 Å². The monoisotopic (exact) mass is 142 g/mol. The second-order valence-electron chi connectivity index (χ2n) is 2.21. The number of aromatic nitrogens is 1. The number of nitrogens with zero attached hydrogens (tertiary/aromatic N) is 1. The van der Waals surface area contributed by atoms with Crippen LogP contribution in [0.4, 0.5) is 0 Å². The van der Waals surface area contributed by atoms with Crippen molar-refractivity contribution in [3.05, 3.63) is 16.4 Å². The van der Waals surface area contributed by atoms with Gasteiger partial charge >= 0.3 is 0 Å². The van der Waals surface area contributed by atoms with Gasteiger partial charge in [0.15, 0.2) is 4.80 Å². The Balaban J connectivity index is 3.08. The minimum atomic E-state index is 0.420. The molecule has 1 N–H and O–H groups in total. The van der Waals surface area contributed by atoms with Crippen LogP contribution in [0.3, 0.4) is 0 Å². The second-order valence-corrected chi connectivity index (χ2v) is 3.10. The summed E-state index contributed by atoms with van der Waals surface area (Å²) in [6.45, 7) is 4.15. The molecule has 0 saturated heterocycles. The summed E-state index contributed by atoms with van der Waals surface area (Å²) in [7, 11) is 0. The van der Waals surface area contributed by atoms with Gasteiger partial charge in [-0.05, 0) is 13.8 Å². The maximum absolute atomic E-state index is 7.36. The average Bonchev–Trinajstić information content (AvgIpc) is 2.13. The molecule has 1 aromatic rings. The zero-order chi connectivity index (χ0) is 6.85. The molecule has 0 radical (unpaired) electrons. The highest BCUT2D eigenvalue weighted by atomic mass is 32.1. The molecule has 2 nitrogen and oxygen atoms in total. The molecule has 3 heteroatoms. The smallest absolute Gasteiger partial charge is 0.182 e. The van der Waals surface area contributed by atoms with Crippen LogP contribution in [0.5, 0.6) is 0 Å². The lowest BCUT2D eigenvalue weighted by Crippen LogP contribution is -2.13. The van der Waals surface area contributed by atoms with E-state index in [0.717, 1.165) is 0 Å². The van der Waals surface area contributed by atoms with E-state index < -0.39 is 0 Å². The van der Waals surface area contributed by atoms with Gasteiger partial charge in [-0.15, -0.1) is 11.3 Å². The second kappa shape index (κ2) is 2.35. The normalized spacial score (nSPS) is 10.6. The van der Waals surface area contributed by atoms with Gasteiger partial charge in [0.05, 0.1) is 0 Å². The minimum Gasteiger partial charge on any atom is -0.322 e. The first-order valence-corrected chi connectivity index (χ1v) is 3.80. The van der Waals surface area contributed by atoms with E-state index in [0.29, 0.717) is 10.8 Å². The molecule has 1 rings (SSSR count). The van der Waals surface area contributed by atoms with Crippen molar-refractivity contribution in [1.29, 1.82) is 5.41 Å². The van der Waals surface area contributed by atoms with E-state index in [1.807, 2.05) is 16.1 Å². The van der Waals surface area contributed by atoms with Crippen molar-refractivity contribution < 1.29 is 0 Å². The predicted molar refractivity (Wildman–Crippen MR) is 38.5 cm³/mol. The third-order valence-corrected chi connectivity index (χ3v) is 1.88. The molecule has 0 aliphatic rings. The fourth-order valence-corrected chi connectivity index (χ4v) is 1.41. The third kappa shape index (κ3) is 1.21. The lowest BCUT2D eigenvalue weighted by atomic mass is 10.4. The number of thiazole rings is 1. The van der Waals surface area contributed by atoms with E-state index in [9.17, 15) is 0 Å². The highest BCUT2D eigenvalue weighted by molar-refractivity contribution is 7.06. The van der Waals surface area contributed by atoms with E-state index in [1.165, 1.54) is 11.3 Å². The van der Waals surface area contributed by atoms with Crippen LogP contribution < -0.4 is 4.80 Å². The quantitative estimate of drug-likeness (QED) is 0.617. The van der Waals surface area contributed by atoms with Crippen molar-refractivity contribution in [2.75, 3.05) is 0 Å². The molecule has 9 heavy (non-hydrogen) atoms. The maximum atomic E-state index is 7.36. The fraction of sp³-hybridized carbons (Fsp3) is 0.500. The zero-order valence-corrected chi connectivity index (χ0v) is 6.40. The molecule has 0 aromatic carbocycles. The molecular formula is C6H10N2S. The Hall–Kier alpha value is -0.570. The maximum Gasteiger partial charge on any atom is 0.182 e. The van der Waals surface area contributed by atoms with E-state index in [1.54, 1.807) is 0 Å². The summed E-state index contributed by atoms with van der Waals surface area (Å²) in [5.74, 6) is 0. The molecule has 0 saturated carbocycles. The van der Waals surface area contributed by atoms with E-state index >= 15 is 0 Å². The average molecular weight is 142 g/mol. The lowest BCUT2D eigenvalue weighted by Gasteiger charge is -2.03. The first-order valence-electron chi connectivity index (χ1n) is 2.92. The van der Waals surface area contributed by atoms with Crippen molar-refractivity contribution in [3.8, 4) is 0 Å². The van der Waals surface area contributed by atoms with Crippen molar-refractivity contribution in [2.45, 2.75) is 19.9 Å². The largest absolute Gasteiger partial charge is 0.322 e. The summed E-state index contributed by atoms with van der Waals surface area (Å²) in [5, 5.41) is 9.30. The van der Waals surface area contributed by atoms with Crippen molar-refractivity contribution in [2.24, 2.45) is 0 Å². The van der Waals surface area contributed by atoms with Gasteiger partial charge in [-0.1, -0.05) is 0 Å². The molecule has 0 fully saturated rings. The highest BCUT2D eigenvalue weighted by Gasteiger charge is 1.95. The molecule has 0 spiro atoms. The Morgan fingerprint density at radius 3 is 2.56 bits per heavy atom. The first-order chi connectivity index (χ1) is 4.22. The van der Waals surface area contributed by atoms with E-state index in [-0.39, 0.29) is 0 Å². The summed E-state index contributed by atoms with van der Waals surface area (Å²) in [4.78, 5) is 0.630. The van der Waals surface area contributed by atoms with Crippen LogP contribution in [-0.2, 0) is 0 Å². The van der Waals surface area contributed by atoms with Gasteiger partial charge in [-0.2, -0.15) is 0 Å². The third-order valence-electron chi connectivity index (χ3n) is 1.19. The molecule has 0 bridgehead atoms. The van der Waals surface area contributed by atoms with Crippen LogP contribution in [0.25, 0.3) is 0 Å². The summed E-state index contributed by atoms with van der Waals surface area (Å²) in [6, 6.07) is 0.420. The fourth-order valence-electron chi connectivity index (χ4n) is 0.696. The number of rotatable bonds is 1. The Morgan fingerprint density at radius 1 is 1.67 bits per heavy atom. The summed E-state index contributed by atoms with van der Waals surface area (Å²) in [5.41, 5.74) is 0. The van der Waals surface area contributed by atoms with Gasteiger partial charge in [0.25, 0.3) is 0 Å². The van der Waals surface area contributed by atoms with Gasteiger partial charge in [-0.25, -0.2) is 0 Å². The molecule has 0 unspecified atom stereocenters. The van der Waals surface area contributed by atoms with Crippen LogP contribution in [0.2, 0.25) is 0 Å². The summed E-state index contributed by atoms with van der Waals surface area (Å²) >= 11 is 1.46. The van der Waals surface area contributed by atoms with Crippen LogP contribution in [0, 0.1) is 5.41 Å². The van der Waals surface area contributed by atoms with Gasteiger partial charge < -0.3 is 4.57 Å². The molecule has 0 aliphatic heterocycles. The molecule has 50 valence electrons. The van der Waals surface area contributed by atoms with E-state index in [4.69, 9.17) is 5.41 Å². The molecule has 0 aliphatic carbocycles. The van der Waals surface area contributed by atoms with Crippen LogP contribution in [0.1, 0.15) is 19.9 Å². The Bertz CT molecular complexity index is 233. The van der Waals surface area contributed by atoms with Gasteiger partial charge in [0.2, 0.25) is 0 Å². The Labute approximate surface area is 58.3 Å². The molecule has 0 amide bonds. The standard InChI is InChI=1S/C6H10N2S/c1-5(2)8-3-4-9-6(8)7/h3-5,7H,1-2H3. The lowest BCUT2D eigenvalue weighted by molar-refractivity contribution is 0.580. The van der Waals surface area contributed by atoms with Crippen molar-refractivity contribution in [3.63, 3.8) is 0 Å².